The maximum Gasteiger partial charge on any atom is 0.124 e. The van der Waals surface area contributed by atoms with Crippen molar-refractivity contribution < 1.29 is 4.39 Å². The molecule has 1 aliphatic rings. The summed E-state index contributed by atoms with van der Waals surface area (Å²) in [6.45, 7) is 6.24. The van der Waals surface area contributed by atoms with Crippen molar-refractivity contribution in [1.82, 2.24) is 4.90 Å². The first-order valence-electron chi connectivity index (χ1n) is 6.79. The van der Waals surface area contributed by atoms with Gasteiger partial charge in [-0.15, -0.1) is 0 Å². The van der Waals surface area contributed by atoms with Crippen LogP contribution in [-0.2, 0) is 6.54 Å². The van der Waals surface area contributed by atoms with Crippen molar-refractivity contribution in [3.05, 3.63) is 35.1 Å². The van der Waals surface area contributed by atoms with E-state index in [1.165, 1.54) is 18.9 Å². The summed E-state index contributed by atoms with van der Waals surface area (Å²) in [6, 6.07) is 5.55. The zero-order chi connectivity index (χ0) is 14.0. The molecule has 2 N–H and O–H groups in total. The van der Waals surface area contributed by atoms with Crippen molar-refractivity contribution in [3.8, 4) is 0 Å². The number of halogens is 1. The third-order valence-corrected chi connectivity index (χ3v) is 3.53. The van der Waals surface area contributed by atoms with E-state index >= 15 is 0 Å². The highest BCUT2D eigenvalue weighted by atomic mass is 32.1. The Morgan fingerprint density at radius 3 is 2.63 bits per heavy atom. The summed E-state index contributed by atoms with van der Waals surface area (Å²) in [5.41, 5.74) is 7.16. The van der Waals surface area contributed by atoms with Gasteiger partial charge in [0, 0.05) is 24.7 Å². The molecular formula is C15H21FN2S. The van der Waals surface area contributed by atoms with E-state index in [4.69, 9.17) is 18.0 Å². The minimum absolute atomic E-state index is 0.252. The fourth-order valence-electron chi connectivity index (χ4n) is 2.37. The number of nitrogens with two attached hydrogens (primary N) is 1. The standard InChI is InChI=1S/C15H21FN2S/c1-10(2)8-18(14-3-4-14)9-11-5-12(15(17)19)7-13(16)6-11/h5-7,10,14H,3-4,8-9H2,1-2H3,(H2,17,19). The van der Waals surface area contributed by atoms with Crippen LogP contribution in [0, 0.1) is 11.7 Å². The van der Waals surface area contributed by atoms with E-state index in [-0.39, 0.29) is 10.8 Å². The molecule has 0 bridgehead atoms. The molecule has 2 rings (SSSR count). The second-order valence-corrected chi connectivity index (χ2v) is 6.21. The lowest BCUT2D eigenvalue weighted by molar-refractivity contribution is 0.226. The predicted octanol–water partition coefficient (Wildman–Crippen LogP) is 3.08. The van der Waals surface area contributed by atoms with Gasteiger partial charge in [-0.2, -0.15) is 0 Å². The van der Waals surface area contributed by atoms with Gasteiger partial charge in [0.25, 0.3) is 0 Å². The van der Waals surface area contributed by atoms with Crippen LogP contribution < -0.4 is 5.73 Å². The second kappa shape index (κ2) is 5.97. The predicted molar refractivity (Wildman–Crippen MR) is 80.6 cm³/mol. The highest BCUT2D eigenvalue weighted by Gasteiger charge is 2.29. The largest absolute Gasteiger partial charge is 0.389 e. The van der Waals surface area contributed by atoms with E-state index in [0.717, 1.165) is 18.7 Å². The fourth-order valence-corrected chi connectivity index (χ4v) is 2.49. The average Bonchev–Trinajstić information content (AvgIpc) is 3.10. The van der Waals surface area contributed by atoms with E-state index < -0.39 is 0 Å². The maximum absolute atomic E-state index is 13.6. The molecule has 1 aromatic rings. The zero-order valence-corrected chi connectivity index (χ0v) is 12.3. The van der Waals surface area contributed by atoms with Gasteiger partial charge < -0.3 is 5.73 Å². The Hall–Kier alpha value is -1.00. The lowest BCUT2D eigenvalue weighted by Crippen LogP contribution is -2.29. The highest BCUT2D eigenvalue weighted by molar-refractivity contribution is 7.80. The molecule has 4 heteroatoms. The smallest absolute Gasteiger partial charge is 0.124 e. The van der Waals surface area contributed by atoms with Gasteiger partial charge in [-0.05, 0) is 42.5 Å². The molecule has 0 heterocycles. The third-order valence-electron chi connectivity index (χ3n) is 3.29. The maximum atomic E-state index is 13.6. The molecule has 0 unspecified atom stereocenters. The Kier molecular flexibility index (Phi) is 4.53. The number of benzene rings is 1. The van der Waals surface area contributed by atoms with Crippen molar-refractivity contribution in [3.63, 3.8) is 0 Å². The van der Waals surface area contributed by atoms with Crippen molar-refractivity contribution in [2.45, 2.75) is 39.3 Å². The molecule has 1 saturated carbocycles. The minimum atomic E-state index is -0.263. The molecule has 104 valence electrons. The van der Waals surface area contributed by atoms with E-state index in [1.807, 2.05) is 6.07 Å². The summed E-state index contributed by atoms with van der Waals surface area (Å²) in [5.74, 6) is 0.352. The van der Waals surface area contributed by atoms with Crippen LogP contribution in [0.3, 0.4) is 0 Å². The topological polar surface area (TPSA) is 29.3 Å². The van der Waals surface area contributed by atoms with E-state index in [9.17, 15) is 4.39 Å². The van der Waals surface area contributed by atoms with Crippen molar-refractivity contribution in [2.24, 2.45) is 11.7 Å². The van der Waals surface area contributed by atoms with Crippen LogP contribution in [0.4, 0.5) is 4.39 Å². The molecule has 0 aromatic heterocycles. The molecule has 0 radical (unpaired) electrons. The number of nitrogens with zero attached hydrogens (tertiary/aromatic N) is 1. The molecule has 0 amide bonds. The average molecular weight is 280 g/mol. The molecule has 19 heavy (non-hydrogen) atoms. The number of rotatable bonds is 6. The molecule has 0 atom stereocenters. The Balaban J connectivity index is 2.14. The Bertz CT molecular complexity index is 469. The summed E-state index contributed by atoms with van der Waals surface area (Å²) in [7, 11) is 0. The van der Waals surface area contributed by atoms with Crippen molar-refractivity contribution in [2.75, 3.05) is 6.54 Å². The summed E-state index contributed by atoms with van der Waals surface area (Å²) in [5, 5.41) is 0. The first-order chi connectivity index (χ1) is 8.95. The molecule has 0 spiro atoms. The van der Waals surface area contributed by atoms with Crippen LogP contribution in [0.1, 0.15) is 37.8 Å². The normalized spacial score (nSPS) is 15.2. The molecule has 1 fully saturated rings. The van der Waals surface area contributed by atoms with E-state index in [0.29, 0.717) is 17.5 Å². The van der Waals surface area contributed by atoms with Crippen LogP contribution in [0.15, 0.2) is 18.2 Å². The van der Waals surface area contributed by atoms with Crippen molar-refractivity contribution in [1.29, 1.82) is 0 Å². The summed E-state index contributed by atoms with van der Waals surface area (Å²) < 4.78 is 13.6. The molecular weight excluding hydrogens is 259 g/mol. The molecule has 0 aliphatic heterocycles. The van der Waals surface area contributed by atoms with E-state index in [1.54, 1.807) is 6.07 Å². The van der Waals surface area contributed by atoms with Gasteiger partial charge in [0.1, 0.15) is 10.8 Å². The van der Waals surface area contributed by atoms with Gasteiger partial charge in [0.05, 0.1) is 0 Å². The molecule has 1 aromatic carbocycles. The van der Waals surface area contributed by atoms with Gasteiger partial charge in [0.15, 0.2) is 0 Å². The highest BCUT2D eigenvalue weighted by Crippen LogP contribution is 2.29. The lowest BCUT2D eigenvalue weighted by Gasteiger charge is -2.24. The molecule has 2 nitrogen and oxygen atoms in total. The van der Waals surface area contributed by atoms with Gasteiger partial charge in [-0.1, -0.05) is 26.1 Å². The summed E-state index contributed by atoms with van der Waals surface area (Å²) in [4.78, 5) is 2.69. The molecule has 0 saturated heterocycles. The zero-order valence-electron chi connectivity index (χ0n) is 11.5. The quantitative estimate of drug-likeness (QED) is 0.812. The van der Waals surface area contributed by atoms with Crippen LogP contribution >= 0.6 is 12.2 Å². The Labute approximate surface area is 119 Å². The fraction of sp³-hybridized carbons (Fsp3) is 0.533. The summed E-state index contributed by atoms with van der Waals surface area (Å²) in [6.07, 6.45) is 2.51. The van der Waals surface area contributed by atoms with Gasteiger partial charge in [-0.3, -0.25) is 4.90 Å². The first-order valence-corrected chi connectivity index (χ1v) is 7.20. The third kappa shape index (κ3) is 4.25. The van der Waals surface area contributed by atoms with Gasteiger partial charge in [0.2, 0.25) is 0 Å². The lowest BCUT2D eigenvalue weighted by atomic mass is 10.1. The molecule has 1 aliphatic carbocycles. The van der Waals surface area contributed by atoms with Gasteiger partial charge >= 0.3 is 0 Å². The Morgan fingerprint density at radius 1 is 1.42 bits per heavy atom. The monoisotopic (exact) mass is 280 g/mol. The van der Waals surface area contributed by atoms with Crippen molar-refractivity contribution >= 4 is 17.2 Å². The van der Waals surface area contributed by atoms with Gasteiger partial charge in [-0.25, -0.2) is 4.39 Å². The Morgan fingerprint density at radius 2 is 2.11 bits per heavy atom. The minimum Gasteiger partial charge on any atom is -0.389 e. The summed E-state index contributed by atoms with van der Waals surface area (Å²) >= 11 is 4.93. The number of hydrogen-bond acceptors (Lipinski definition) is 2. The van der Waals surface area contributed by atoms with Crippen LogP contribution in [0.2, 0.25) is 0 Å². The van der Waals surface area contributed by atoms with E-state index in [2.05, 4.69) is 18.7 Å². The second-order valence-electron chi connectivity index (χ2n) is 5.77. The number of hydrogen-bond donors (Lipinski definition) is 1. The van der Waals surface area contributed by atoms with Crippen LogP contribution in [0.5, 0.6) is 0 Å². The SMILES string of the molecule is CC(C)CN(Cc1cc(F)cc(C(N)=S)c1)C1CC1. The van der Waals surface area contributed by atoms with Crippen LogP contribution in [-0.4, -0.2) is 22.5 Å². The van der Waals surface area contributed by atoms with Crippen LogP contribution in [0.25, 0.3) is 0 Å². The first kappa shape index (κ1) is 14.4. The number of thiocarbonyl (C=S) groups is 1.